The number of rotatable bonds is 1. The zero-order chi connectivity index (χ0) is 19.1. The summed E-state index contributed by atoms with van der Waals surface area (Å²) in [6.07, 6.45) is 2.56. The van der Waals surface area contributed by atoms with E-state index in [1.165, 1.54) is 11.3 Å². The summed E-state index contributed by atoms with van der Waals surface area (Å²) in [6, 6.07) is 9.70. The molecular weight excluding hydrogens is 340 g/mol. The lowest BCUT2D eigenvalue weighted by Crippen LogP contribution is -2.72. The molecule has 1 spiro atoms. The predicted octanol–water partition coefficient (Wildman–Crippen LogP) is 1.55. The van der Waals surface area contributed by atoms with Gasteiger partial charge in [-0.2, -0.15) is 0 Å². The third-order valence-electron chi connectivity index (χ3n) is 8.46. The second-order valence-corrected chi connectivity index (χ2v) is 9.12. The van der Waals surface area contributed by atoms with Gasteiger partial charge in [0, 0.05) is 48.7 Å². The number of anilines is 1. The number of nitrogens with zero attached hydrogens (tertiary/aromatic N) is 2. The molecule has 148 valence electrons. The standard InChI is InChI=1S/C20H26N2O2.C2H6O/c1-3-10-11-8-14-17-20(12-6-4-5-7-13(12)21(17)2)9-15(16(11)18(20)23)22(14)19(10)24;1-2-3/h4-7,10-11,14-19,23-24H,3,8-9H2,1-2H3;3H,2H2,1H3/t10-,11+,14-,15+,16?,17+,18?,19+,20+;/m1./s1. The molecule has 5 heterocycles. The fourth-order valence-corrected chi connectivity index (χ4v) is 7.88. The lowest BCUT2D eigenvalue weighted by molar-refractivity contribution is -0.211. The molecule has 1 saturated carbocycles. The molecule has 0 aromatic heterocycles. The molecule has 3 N–H and O–H groups in total. The van der Waals surface area contributed by atoms with Gasteiger partial charge in [0.2, 0.25) is 0 Å². The lowest BCUT2D eigenvalue weighted by atomic mass is 9.62. The highest BCUT2D eigenvalue weighted by molar-refractivity contribution is 5.67. The van der Waals surface area contributed by atoms with E-state index in [4.69, 9.17) is 5.11 Å². The monoisotopic (exact) mass is 372 g/mol. The molecule has 6 aliphatic rings. The van der Waals surface area contributed by atoms with Gasteiger partial charge in [0.05, 0.1) is 12.1 Å². The van der Waals surface area contributed by atoms with Gasteiger partial charge in [-0.3, -0.25) is 4.90 Å². The summed E-state index contributed by atoms with van der Waals surface area (Å²) in [6.45, 7) is 4.12. The minimum atomic E-state index is -0.319. The first-order chi connectivity index (χ1) is 13.0. The van der Waals surface area contributed by atoms with Gasteiger partial charge in [0.15, 0.2) is 0 Å². The summed E-state index contributed by atoms with van der Waals surface area (Å²) >= 11 is 0. The van der Waals surface area contributed by atoms with Crippen LogP contribution >= 0.6 is 0 Å². The van der Waals surface area contributed by atoms with E-state index in [0.29, 0.717) is 35.9 Å². The van der Waals surface area contributed by atoms with Gasteiger partial charge in [-0.15, -0.1) is 0 Å². The highest BCUT2D eigenvalue weighted by atomic mass is 16.3. The number of hydrogen-bond donors (Lipinski definition) is 3. The van der Waals surface area contributed by atoms with Gasteiger partial charge in [-0.1, -0.05) is 25.1 Å². The molecule has 5 bridgehead atoms. The van der Waals surface area contributed by atoms with Crippen molar-refractivity contribution in [3.63, 3.8) is 0 Å². The van der Waals surface area contributed by atoms with E-state index < -0.39 is 0 Å². The van der Waals surface area contributed by atoms with Gasteiger partial charge in [-0.05, 0) is 43.7 Å². The Hall–Kier alpha value is -1.14. The van der Waals surface area contributed by atoms with Crippen molar-refractivity contribution in [3.8, 4) is 0 Å². The first-order valence-corrected chi connectivity index (χ1v) is 10.6. The molecular formula is C22H32N2O3. The molecule has 0 amide bonds. The number of hydrogen-bond acceptors (Lipinski definition) is 5. The summed E-state index contributed by atoms with van der Waals surface area (Å²) in [5.41, 5.74) is 2.51. The van der Waals surface area contributed by atoms with Gasteiger partial charge in [0.1, 0.15) is 6.23 Å². The zero-order valence-electron chi connectivity index (χ0n) is 16.5. The Morgan fingerprint density at radius 3 is 2.56 bits per heavy atom. The molecule has 27 heavy (non-hydrogen) atoms. The van der Waals surface area contributed by atoms with Crippen LogP contribution < -0.4 is 4.90 Å². The Morgan fingerprint density at radius 2 is 1.85 bits per heavy atom. The fourth-order valence-electron chi connectivity index (χ4n) is 7.88. The number of likely N-dealkylation sites (N-methyl/N-ethyl adjacent to an activating group) is 1. The number of aliphatic hydroxyl groups excluding tert-OH is 3. The number of aliphatic hydroxyl groups is 3. The molecule has 10 atom stereocenters. The average molecular weight is 373 g/mol. The van der Waals surface area contributed by atoms with Crippen LogP contribution in [0.3, 0.4) is 0 Å². The first kappa shape index (κ1) is 17.9. The SMILES string of the molecule is CCO.CC[C@@H]1[C@@H]2C[C@@H]3[C@@H]4N(C)c5ccccc5[C@@]45C[C@@H](C2C5O)N3[C@H]1O. The van der Waals surface area contributed by atoms with E-state index in [2.05, 4.69) is 48.0 Å². The Labute approximate surface area is 161 Å². The first-order valence-electron chi connectivity index (χ1n) is 10.6. The number of benzene rings is 1. The summed E-state index contributed by atoms with van der Waals surface area (Å²) in [5.74, 6) is 1.14. The molecule has 1 aliphatic carbocycles. The van der Waals surface area contributed by atoms with Crippen LogP contribution in [0.15, 0.2) is 24.3 Å². The molecule has 5 heteroatoms. The maximum Gasteiger partial charge on any atom is 0.111 e. The molecule has 5 aliphatic heterocycles. The van der Waals surface area contributed by atoms with Crippen LogP contribution in [-0.4, -0.2) is 64.3 Å². The van der Waals surface area contributed by atoms with Crippen molar-refractivity contribution in [1.29, 1.82) is 0 Å². The maximum atomic E-state index is 11.6. The molecule has 7 rings (SSSR count). The van der Waals surface area contributed by atoms with E-state index in [-0.39, 0.29) is 24.4 Å². The molecule has 1 aromatic rings. The minimum Gasteiger partial charge on any atom is -0.397 e. The number of fused-ring (bicyclic) bond motifs is 2. The predicted molar refractivity (Wildman–Crippen MR) is 104 cm³/mol. The molecule has 1 aromatic carbocycles. The zero-order valence-corrected chi connectivity index (χ0v) is 16.5. The van der Waals surface area contributed by atoms with E-state index >= 15 is 0 Å². The number of piperidine rings is 4. The number of para-hydroxylation sites is 1. The molecule has 5 nitrogen and oxygen atoms in total. The van der Waals surface area contributed by atoms with E-state index in [1.807, 2.05) is 0 Å². The Morgan fingerprint density at radius 1 is 1.15 bits per heavy atom. The quantitative estimate of drug-likeness (QED) is 0.698. The van der Waals surface area contributed by atoms with Crippen LogP contribution in [0.25, 0.3) is 0 Å². The molecule has 3 unspecified atom stereocenters. The van der Waals surface area contributed by atoms with Crippen molar-refractivity contribution < 1.29 is 15.3 Å². The van der Waals surface area contributed by atoms with Crippen LogP contribution in [0, 0.1) is 17.8 Å². The summed E-state index contributed by atoms with van der Waals surface area (Å²) in [5, 5.41) is 30.2. The summed E-state index contributed by atoms with van der Waals surface area (Å²) in [7, 11) is 2.19. The van der Waals surface area contributed by atoms with Crippen molar-refractivity contribution in [1.82, 2.24) is 4.90 Å². The summed E-state index contributed by atoms with van der Waals surface area (Å²) < 4.78 is 0. The van der Waals surface area contributed by atoms with Gasteiger partial charge in [0.25, 0.3) is 0 Å². The second-order valence-electron chi connectivity index (χ2n) is 9.12. The maximum absolute atomic E-state index is 11.6. The molecule has 5 fully saturated rings. The minimum absolute atomic E-state index is 0.126. The van der Waals surface area contributed by atoms with E-state index in [1.54, 1.807) is 6.92 Å². The van der Waals surface area contributed by atoms with Crippen molar-refractivity contribution in [2.45, 2.75) is 69.0 Å². The normalized spacial score (nSPS) is 50.3. The van der Waals surface area contributed by atoms with Gasteiger partial charge < -0.3 is 20.2 Å². The summed E-state index contributed by atoms with van der Waals surface area (Å²) in [4.78, 5) is 4.83. The van der Waals surface area contributed by atoms with E-state index in [0.717, 1.165) is 19.3 Å². The van der Waals surface area contributed by atoms with Crippen molar-refractivity contribution in [2.75, 3.05) is 18.6 Å². The largest absolute Gasteiger partial charge is 0.397 e. The third kappa shape index (κ3) is 1.89. The van der Waals surface area contributed by atoms with Crippen LogP contribution in [0.5, 0.6) is 0 Å². The van der Waals surface area contributed by atoms with Crippen LogP contribution in [0.2, 0.25) is 0 Å². The van der Waals surface area contributed by atoms with Crippen LogP contribution in [-0.2, 0) is 5.41 Å². The van der Waals surface area contributed by atoms with Gasteiger partial charge >= 0.3 is 0 Å². The van der Waals surface area contributed by atoms with E-state index in [9.17, 15) is 10.2 Å². The van der Waals surface area contributed by atoms with Crippen molar-refractivity contribution in [3.05, 3.63) is 29.8 Å². The van der Waals surface area contributed by atoms with Crippen molar-refractivity contribution in [2.24, 2.45) is 17.8 Å². The smallest absolute Gasteiger partial charge is 0.111 e. The Kier molecular flexibility index (Phi) is 3.94. The highest BCUT2D eigenvalue weighted by Crippen LogP contribution is 2.68. The molecule has 0 radical (unpaired) electrons. The molecule has 4 saturated heterocycles. The van der Waals surface area contributed by atoms with Crippen molar-refractivity contribution >= 4 is 5.69 Å². The Balaban J connectivity index is 0.000000504. The Bertz CT molecular complexity index is 742. The van der Waals surface area contributed by atoms with Crippen LogP contribution in [0.1, 0.15) is 38.7 Å². The van der Waals surface area contributed by atoms with Gasteiger partial charge in [-0.25, -0.2) is 0 Å². The lowest BCUT2D eigenvalue weighted by Gasteiger charge is -2.62. The topological polar surface area (TPSA) is 67.2 Å². The average Bonchev–Trinajstić information content (AvgIpc) is 3.05. The van der Waals surface area contributed by atoms with Crippen LogP contribution in [0.4, 0.5) is 5.69 Å². The third-order valence-corrected chi connectivity index (χ3v) is 8.46. The fraction of sp³-hybridized carbons (Fsp3) is 0.727. The second kappa shape index (κ2) is 5.93. The highest BCUT2D eigenvalue weighted by Gasteiger charge is 2.76.